The molecule has 0 fully saturated rings. The van der Waals surface area contributed by atoms with E-state index < -0.39 is 0 Å². The zero-order valence-corrected chi connectivity index (χ0v) is 17.9. The van der Waals surface area contributed by atoms with Crippen LogP contribution in [0.4, 0.5) is 5.95 Å². The number of hydrogen-bond acceptors (Lipinski definition) is 5. The molecule has 0 saturated carbocycles. The van der Waals surface area contributed by atoms with Crippen LogP contribution in [0.3, 0.4) is 0 Å². The molecule has 1 aliphatic heterocycles. The summed E-state index contributed by atoms with van der Waals surface area (Å²) in [4.78, 5) is 12.4. The van der Waals surface area contributed by atoms with Crippen molar-refractivity contribution in [2.75, 3.05) is 40.0 Å². The van der Waals surface area contributed by atoms with Crippen molar-refractivity contribution in [3.8, 4) is 5.75 Å². The highest BCUT2D eigenvalue weighted by atomic mass is 16.5. The fourth-order valence-electron chi connectivity index (χ4n) is 4.25. The van der Waals surface area contributed by atoms with Crippen molar-refractivity contribution in [3.05, 3.63) is 41.7 Å². The topological polar surface area (TPSA) is 75.3 Å². The number of nitrogen functional groups attached to an aromatic ring is 1. The normalized spacial score (nSPS) is 17.2. The number of ether oxygens (including phenoxy) is 1. The zero-order valence-electron chi connectivity index (χ0n) is 17.9. The van der Waals surface area contributed by atoms with E-state index in [0.29, 0.717) is 12.0 Å². The molecule has 3 heterocycles. The number of nitrogens with two attached hydrogens (primary N) is 1. The third-order valence-corrected chi connectivity index (χ3v) is 5.94. The Kier molecular flexibility index (Phi) is 5.52. The van der Waals surface area contributed by atoms with E-state index in [2.05, 4.69) is 58.5 Å². The van der Waals surface area contributed by atoms with Crippen molar-refractivity contribution in [1.29, 1.82) is 0 Å². The molecule has 0 bridgehead atoms. The molecule has 7 heteroatoms. The molecule has 0 radical (unpaired) electrons. The molecule has 7 nitrogen and oxygen atoms in total. The summed E-state index contributed by atoms with van der Waals surface area (Å²) in [5.41, 5.74) is 10.8. The number of aromatic amines is 1. The summed E-state index contributed by atoms with van der Waals surface area (Å²) in [6, 6.07) is 8.55. The predicted octanol–water partition coefficient (Wildman–Crippen LogP) is 2.89. The van der Waals surface area contributed by atoms with Gasteiger partial charge in [0.25, 0.3) is 0 Å². The van der Waals surface area contributed by atoms with E-state index in [9.17, 15) is 0 Å². The first-order chi connectivity index (χ1) is 13.9. The Morgan fingerprint density at radius 1 is 1.31 bits per heavy atom. The Morgan fingerprint density at radius 2 is 2.14 bits per heavy atom. The predicted molar refractivity (Wildman–Crippen MR) is 117 cm³/mol. The number of aryl methyl sites for hydroxylation is 1. The number of anilines is 1. The van der Waals surface area contributed by atoms with E-state index in [4.69, 9.17) is 10.5 Å². The SMILES string of the molecule is CC(c1ccc[nH]1)N(C)CC1Cc2c(ccc3nc(N)n(CCCN(C)C)c23)O1. The summed E-state index contributed by atoms with van der Waals surface area (Å²) in [7, 11) is 6.34. The van der Waals surface area contributed by atoms with E-state index in [1.54, 1.807) is 0 Å². The molecule has 0 amide bonds. The lowest BCUT2D eigenvalue weighted by Gasteiger charge is -2.26. The van der Waals surface area contributed by atoms with Gasteiger partial charge >= 0.3 is 0 Å². The smallest absolute Gasteiger partial charge is 0.201 e. The molecule has 1 aliphatic rings. The zero-order chi connectivity index (χ0) is 20.5. The number of nitrogens with one attached hydrogen (secondary N) is 1. The van der Waals surface area contributed by atoms with Crippen LogP contribution in [0.1, 0.15) is 30.6 Å². The molecular weight excluding hydrogens is 364 g/mol. The second kappa shape index (κ2) is 8.08. The average molecular weight is 397 g/mol. The summed E-state index contributed by atoms with van der Waals surface area (Å²) in [5.74, 6) is 1.56. The lowest BCUT2D eigenvalue weighted by atomic mass is 10.1. The molecule has 2 atom stereocenters. The molecule has 1 aromatic carbocycles. The van der Waals surface area contributed by atoms with Crippen molar-refractivity contribution >= 4 is 17.0 Å². The van der Waals surface area contributed by atoms with Gasteiger partial charge in [0.2, 0.25) is 5.95 Å². The largest absolute Gasteiger partial charge is 0.488 e. The standard InChI is InChI=1S/C22H32N6O/c1-15(18-7-5-10-24-18)27(4)14-16-13-17-20(29-16)9-8-19-21(17)28(22(23)25-19)12-6-11-26(2)3/h5,7-10,15-16,24H,6,11-14H2,1-4H3,(H2,23,25). The van der Waals surface area contributed by atoms with Gasteiger partial charge in [-0.3, -0.25) is 4.90 Å². The first-order valence-electron chi connectivity index (χ1n) is 10.4. The first-order valence-corrected chi connectivity index (χ1v) is 10.4. The third kappa shape index (κ3) is 3.97. The Morgan fingerprint density at radius 3 is 2.86 bits per heavy atom. The Labute approximate surface area is 172 Å². The lowest BCUT2D eigenvalue weighted by molar-refractivity contribution is 0.143. The van der Waals surface area contributed by atoms with E-state index in [1.165, 1.54) is 11.3 Å². The van der Waals surface area contributed by atoms with Crippen LogP contribution in [0, 0.1) is 0 Å². The van der Waals surface area contributed by atoms with Crippen molar-refractivity contribution < 1.29 is 4.74 Å². The van der Waals surface area contributed by atoms with Crippen molar-refractivity contribution in [2.45, 2.75) is 38.5 Å². The van der Waals surface area contributed by atoms with Crippen molar-refractivity contribution in [2.24, 2.45) is 0 Å². The molecule has 0 aliphatic carbocycles. The summed E-state index contributed by atoms with van der Waals surface area (Å²) in [6.07, 6.45) is 4.02. The molecule has 3 aromatic rings. The van der Waals surface area contributed by atoms with Gasteiger partial charge in [-0.15, -0.1) is 0 Å². The van der Waals surface area contributed by atoms with Crippen LogP contribution in [0.25, 0.3) is 11.0 Å². The van der Waals surface area contributed by atoms with Gasteiger partial charge in [-0.05, 0) is 65.3 Å². The Bertz CT molecular complexity index is 962. The number of nitrogens with zero attached hydrogens (tertiary/aromatic N) is 4. The maximum Gasteiger partial charge on any atom is 0.201 e. The van der Waals surface area contributed by atoms with Crippen molar-refractivity contribution in [1.82, 2.24) is 24.3 Å². The number of rotatable bonds is 8. The summed E-state index contributed by atoms with van der Waals surface area (Å²) in [5, 5.41) is 0. The minimum atomic E-state index is 0.129. The molecule has 2 aromatic heterocycles. The maximum absolute atomic E-state index is 6.32. The second-order valence-electron chi connectivity index (χ2n) is 8.37. The molecule has 29 heavy (non-hydrogen) atoms. The van der Waals surface area contributed by atoms with Crippen LogP contribution < -0.4 is 10.5 Å². The second-order valence-corrected chi connectivity index (χ2v) is 8.37. The van der Waals surface area contributed by atoms with Crippen LogP contribution in [0.5, 0.6) is 5.75 Å². The number of hydrogen-bond donors (Lipinski definition) is 2. The lowest BCUT2D eigenvalue weighted by Crippen LogP contribution is -2.34. The quantitative estimate of drug-likeness (QED) is 0.612. The molecule has 2 unspecified atom stereocenters. The van der Waals surface area contributed by atoms with E-state index in [1.807, 2.05) is 24.4 Å². The van der Waals surface area contributed by atoms with Crippen molar-refractivity contribution in [3.63, 3.8) is 0 Å². The fourth-order valence-corrected chi connectivity index (χ4v) is 4.25. The fraction of sp³-hybridized carbons (Fsp3) is 0.500. The van der Waals surface area contributed by atoms with E-state index in [0.717, 1.165) is 49.3 Å². The molecule has 156 valence electrons. The molecular formula is C22H32N6O. The molecule has 0 spiro atoms. The monoisotopic (exact) mass is 396 g/mol. The molecule has 3 N–H and O–H groups in total. The number of likely N-dealkylation sites (N-methyl/N-ethyl adjacent to an activating group) is 1. The Balaban J connectivity index is 1.52. The number of benzene rings is 1. The third-order valence-electron chi connectivity index (χ3n) is 5.94. The van der Waals surface area contributed by atoms with Crippen LogP contribution in [-0.2, 0) is 13.0 Å². The summed E-state index contributed by atoms with van der Waals surface area (Å²) in [6.45, 7) is 4.97. The molecule has 0 saturated heterocycles. The van der Waals surface area contributed by atoms with Gasteiger partial charge in [0, 0.05) is 43.0 Å². The van der Waals surface area contributed by atoms with Gasteiger partial charge in [0.05, 0.1) is 11.0 Å². The van der Waals surface area contributed by atoms with Gasteiger partial charge in [0.1, 0.15) is 11.9 Å². The highest BCUT2D eigenvalue weighted by molar-refractivity contribution is 5.84. The number of H-pyrrole nitrogens is 1. The van der Waals surface area contributed by atoms with Crippen LogP contribution >= 0.6 is 0 Å². The highest BCUT2D eigenvalue weighted by Gasteiger charge is 2.29. The number of aromatic nitrogens is 3. The summed E-state index contributed by atoms with van der Waals surface area (Å²) < 4.78 is 8.48. The van der Waals surface area contributed by atoms with E-state index in [-0.39, 0.29) is 6.10 Å². The average Bonchev–Trinajstić information content (AvgIpc) is 3.39. The molecule has 4 rings (SSSR count). The van der Waals surface area contributed by atoms with Crippen LogP contribution in [0.15, 0.2) is 30.5 Å². The first kappa shape index (κ1) is 19.8. The van der Waals surface area contributed by atoms with Gasteiger partial charge < -0.3 is 24.9 Å². The van der Waals surface area contributed by atoms with Crippen LogP contribution in [-0.4, -0.2) is 64.7 Å². The van der Waals surface area contributed by atoms with Gasteiger partial charge in [-0.1, -0.05) is 0 Å². The van der Waals surface area contributed by atoms with E-state index >= 15 is 0 Å². The van der Waals surface area contributed by atoms with Gasteiger partial charge in [0.15, 0.2) is 0 Å². The Hall–Kier alpha value is -2.51. The number of fused-ring (bicyclic) bond motifs is 3. The van der Waals surface area contributed by atoms with Crippen LogP contribution in [0.2, 0.25) is 0 Å². The highest BCUT2D eigenvalue weighted by Crippen LogP contribution is 2.36. The minimum absolute atomic E-state index is 0.129. The number of imidazole rings is 1. The minimum Gasteiger partial charge on any atom is -0.488 e. The maximum atomic E-state index is 6.32. The van der Waals surface area contributed by atoms with Gasteiger partial charge in [-0.25, -0.2) is 4.98 Å². The summed E-state index contributed by atoms with van der Waals surface area (Å²) >= 11 is 0. The van der Waals surface area contributed by atoms with Gasteiger partial charge in [-0.2, -0.15) is 0 Å².